The lowest BCUT2D eigenvalue weighted by Gasteiger charge is -2.13. The number of furan rings is 2. The van der Waals surface area contributed by atoms with Gasteiger partial charge in [0.2, 0.25) is 5.78 Å². The van der Waals surface area contributed by atoms with E-state index < -0.39 is 0 Å². The molecule has 258 valence electrons. The number of hydrogen-bond donors (Lipinski definition) is 0. The first-order valence-corrected chi connectivity index (χ1v) is 18.8. The molecule has 0 spiro atoms. The molecule has 0 saturated heterocycles. The zero-order valence-corrected chi connectivity index (χ0v) is 29.5. The van der Waals surface area contributed by atoms with Gasteiger partial charge in [-0.05, 0) is 115 Å². The van der Waals surface area contributed by atoms with E-state index in [4.69, 9.17) is 13.8 Å². The van der Waals surface area contributed by atoms with Crippen LogP contribution in [-0.4, -0.2) is 18.5 Å². The fourth-order valence-corrected chi connectivity index (χ4v) is 9.24. The second kappa shape index (κ2) is 10.6. The van der Waals surface area contributed by atoms with E-state index in [1.165, 1.54) is 22.2 Å². The molecule has 0 radical (unpaired) electrons. The van der Waals surface area contributed by atoms with Crippen molar-refractivity contribution in [1.82, 2.24) is 18.5 Å². The highest BCUT2D eigenvalue weighted by Gasteiger charge is 2.21. The Morgan fingerprint density at radius 2 is 1.04 bits per heavy atom. The van der Waals surface area contributed by atoms with Gasteiger partial charge >= 0.3 is 0 Å². The minimum absolute atomic E-state index is 0.857. The van der Waals surface area contributed by atoms with Gasteiger partial charge in [0.05, 0.1) is 33.3 Å². The Bertz CT molecular complexity index is 3620. The lowest BCUT2D eigenvalue weighted by Crippen LogP contribution is -2.02. The first-order valence-electron chi connectivity index (χ1n) is 18.8. The summed E-state index contributed by atoms with van der Waals surface area (Å²) in [7, 11) is 0. The summed E-state index contributed by atoms with van der Waals surface area (Å²) in [5.74, 6) is 0.890. The SMILES string of the molecule is C1=Cc2c(n(-c3ccc4oc5ccc(-c6ccc7oc8ccc(-n9c%10ccccc%10n%10c%11ccccc%11nc9%10)cc8c7c6)cc5c4c3)c3ccccc23)CC1. The summed E-state index contributed by atoms with van der Waals surface area (Å²) in [6.07, 6.45) is 6.66. The Kier molecular flexibility index (Phi) is 5.65. The van der Waals surface area contributed by atoms with Crippen molar-refractivity contribution in [2.75, 3.05) is 0 Å². The van der Waals surface area contributed by atoms with E-state index in [1.54, 1.807) is 0 Å². The van der Waals surface area contributed by atoms with Crippen LogP contribution >= 0.6 is 0 Å². The molecule has 5 aromatic heterocycles. The van der Waals surface area contributed by atoms with Gasteiger partial charge in [-0.15, -0.1) is 0 Å². The van der Waals surface area contributed by atoms with Crippen LogP contribution in [0.2, 0.25) is 0 Å². The van der Waals surface area contributed by atoms with Gasteiger partial charge < -0.3 is 13.4 Å². The number of imidazole rings is 2. The number of allylic oxidation sites excluding steroid dienone is 1. The van der Waals surface area contributed by atoms with Gasteiger partial charge in [0.1, 0.15) is 22.3 Å². The predicted octanol–water partition coefficient (Wildman–Crippen LogP) is 12.8. The summed E-state index contributed by atoms with van der Waals surface area (Å²) in [5, 5.41) is 5.66. The topological polar surface area (TPSA) is 53.4 Å². The van der Waals surface area contributed by atoms with E-state index in [-0.39, 0.29) is 0 Å². The number of nitrogens with zero attached hydrogens (tertiary/aromatic N) is 4. The summed E-state index contributed by atoms with van der Waals surface area (Å²) in [4.78, 5) is 5.10. The quantitative estimate of drug-likeness (QED) is 0.184. The van der Waals surface area contributed by atoms with Crippen LogP contribution in [0.5, 0.6) is 0 Å². The standard InChI is InChI=1S/C49H30N4O2/c1-4-12-40-33(9-1)34-10-2-5-13-41(34)51(40)31-19-23-47-37(27-31)35-25-29(17-21-45(35)54-47)30-18-22-46-36(26-30)38-28-32(20-24-48(38)55-46)52-43-15-7-8-16-44(43)53-42-14-6-3-11-39(42)50-49(52)53/h1-4,6-12,14-28H,5,13H2. The van der Waals surface area contributed by atoms with Gasteiger partial charge in [-0.2, -0.15) is 0 Å². The molecule has 0 unspecified atom stereocenters. The first kappa shape index (κ1) is 29.2. The second-order valence-corrected chi connectivity index (χ2v) is 14.7. The minimum Gasteiger partial charge on any atom is -0.456 e. The number of aromatic nitrogens is 4. The van der Waals surface area contributed by atoms with E-state index in [1.807, 2.05) is 6.07 Å². The van der Waals surface area contributed by atoms with E-state index in [2.05, 4.69) is 165 Å². The lowest BCUT2D eigenvalue weighted by atomic mass is 10.0. The summed E-state index contributed by atoms with van der Waals surface area (Å²) < 4.78 is 19.8. The highest BCUT2D eigenvalue weighted by atomic mass is 16.3. The number of para-hydroxylation sites is 5. The molecule has 0 saturated carbocycles. The molecule has 12 aromatic rings. The van der Waals surface area contributed by atoms with Crippen LogP contribution in [0.15, 0.2) is 161 Å². The van der Waals surface area contributed by atoms with Crippen molar-refractivity contribution in [1.29, 1.82) is 0 Å². The smallest absolute Gasteiger partial charge is 0.220 e. The molecule has 13 rings (SSSR count). The van der Waals surface area contributed by atoms with Crippen LogP contribution in [0.25, 0.3) is 111 Å². The summed E-state index contributed by atoms with van der Waals surface area (Å²) in [5.41, 5.74) is 16.2. The van der Waals surface area contributed by atoms with Crippen LogP contribution in [0.3, 0.4) is 0 Å². The zero-order valence-electron chi connectivity index (χ0n) is 29.5. The van der Waals surface area contributed by atoms with Gasteiger partial charge in [-0.25, -0.2) is 4.98 Å². The van der Waals surface area contributed by atoms with Crippen LogP contribution in [0, 0.1) is 0 Å². The third kappa shape index (κ3) is 4.00. The van der Waals surface area contributed by atoms with Crippen molar-refractivity contribution in [2.45, 2.75) is 12.8 Å². The van der Waals surface area contributed by atoms with Crippen LogP contribution in [-0.2, 0) is 6.42 Å². The van der Waals surface area contributed by atoms with Crippen molar-refractivity contribution < 1.29 is 8.83 Å². The molecule has 0 aliphatic heterocycles. The Balaban J connectivity index is 0.963. The Labute approximate surface area is 313 Å². The highest BCUT2D eigenvalue weighted by molar-refractivity contribution is 6.10. The van der Waals surface area contributed by atoms with E-state index >= 15 is 0 Å². The molecule has 0 N–H and O–H groups in total. The van der Waals surface area contributed by atoms with Crippen molar-refractivity contribution >= 4 is 88.7 Å². The average molecular weight is 707 g/mol. The molecule has 1 aliphatic rings. The molecule has 7 aromatic carbocycles. The molecule has 55 heavy (non-hydrogen) atoms. The number of fused-ring (bicyclic) bond motifs is 14. The predicted molar refractivity (Wildman–Crippen MR) is 224 cm³/mol. The number of hydrogen-bond acceptors (Lipinski definition) is 3. The maximum absolute atomic E-state index is 6.42. The zero-order chi connectivity index (χ0) is 35.8. The molecular formula is C49H30N4O2. The third-order valence-corrected chi connectivity index (χ3v) is 11.7. The molecular weight excluding hydrogens is 677 g/mol. The van der Waals surface area contributed by atoms with Gasteiger partial charge in [-0.1, -0.05) is 66.7 Å². The van der Waals surface area contributed by atoms with E-state index in [0.29, 0.717) is 0 Å². The van der Waals surface area contributed by atoms with Gasteiger partial charge in [0.25, 0.3) is 0 Å². The van der Waals surface area contributed by atoms with Crippen LogP contribution < -0.4 is 0 Å². The largest absolute Gasteiger partial charge is 0.456 e. The molecule has 6 heteroatoms. The lowest BCUT2D eigenvalue weighted by molar-refractivity contribution is 0.668. The normalized spacial score (nSPS) is 13.2. The first-order chi connectivity index (χ1) is 27.2. The molecule has 0 bridgehead atoms. The van der Waals surface area contributed by atoms with Crippen molar-refractivity contribution in [3.05, 3.63) is 163 Å². The third-order valence-electron chi connectivity index (χ3n) is 11.7. The maximum Gasteiger partial charge on any atom is 0.220 e. The van der Waals surface area contributed by atoms with E-state index in [9.17, 15) is 0 Å². The molecule has 0 fully saturated rings. The Hall–Kier alpha value is -7.31. The molecule has 5 heterocycles. The Morgan fingerprint density at radius 1 is 0.473 bits per heavy atom. The monoisotopic (exact) mass is 706 g/mol. The molecule has 1 aliphatic carbocycles. The Morgan fingerprint density at radius 3 is 1.75 bits per heavy atom. The van der Waals surface area contributed by atoms with Crippen molar-refractivity contribution in [2.24, 2.45) is 0 Å². The van der Waals surface area contributed by atoms with E-state index in [0.717, 1.165) is 107 Å². The number of rotatable bonds is 3. The summed E-state index contributed by atoms with van der Waals surface area (Å²) >= 11 is 0. The van der Waals surface area contributed by atoms with Gasteiger partial charge in [0, 0.05) is 43.9 Å². The average Bonchev–Trinajstić information content (AvgIpc) is 4.04. The fraction of sp³-hybridized carbons (Fsp3) is 0.0408. The minimum atomic E-state index is 0.857. The van der Waals surface area contributed by atoms with Gasteiger partial charge in [0.15, 0.2) is 0 Å². The summed E-state index contributed by atoms with van der Waals surface area (Å²) in [6, 6.07) is 51.7. The second-order valence-electron chi connectivity index (χ2n) is 14.7. The van der Waals surface area contributed by atoms with Crippen LogP contribution in [0.4, 0.5) is 0 Å². The highest BCUT2D eigenvalue weighted by Crippen LogP contribution is 2.40. The van der Waals surface area contributed by atoms with Crippen molar-refractivity contribution in [3.8, 4) is 22.5 Å². The van der Waals surface area contributed by atoms with Crippen LogP contribution in [0.1, 0.15) is 17.7 Å². The molecule has 6 nitrogen and oxygen atoms in total. The summed E-state index contributed by atoms with van der Waals surface area (Å²) in [6.45, 7) is 0. The molecule has 0 amide bonds. The molecule has 0 atom stereocenters. The fourth-order valence-electron chi connectivity index (χ4n) is 9.24. The maximum atomic E-state index is 6.42. The number of benzene rings is 7. The van der Waals surface area contributed by atoms with Crippen molar-refractivity contribution in [3.63, 3.8) is 0 Å². The van der Waals surface area contributed by atoms with Gasteiger partial charge in [-0.3, -0.25) is 8.97 Å².